The molecule has 0 aliphatic rings. The Balaban J connectivity index is 1.82. The topological polar surface area (TPSA) is 98.2 Å². The molecule has 0 atom stereocenters. The van der Waals surface area contributed by atoms with E-state index in [0.29, 0.717) is 11.3 Å². The summed E-state index contributed by atoms with van der Waals surface area (Å²) in [4.78, 5) is 34.1. The third-order valence-corrected chi connectivity index (χ3v) is 5.32. The number of carbonyl (C=O) groups excluding carboxylic acids is 1. The minimum absolute atomic E-state index is 0.0241. The zero-order chi connectivity index (χ0) is 22.8. The van der Waals surface area contributed by atoms with Gasteiger partial charge in [-0.15, -0.1) is 0 Å². The molecule has 165 valence electrons. The molecule has 31 heavy (non-hydrogen) atoms. The largest absolute Gasteiger partial charge is 0.364 e. The highest BCUT2D eigenvalue weighted by Gasteiger charge is 2.22. The number of hydrogen-bond donors (Lipinski definition) is 3. The molecular weight excluding hydrogens is 390 g/mol. The Morgan fingerprint density at radius 2 is 1.90 bits per heavy atom. The van der Waals surface area contributed by atoms with Crippen LogP contribution in [0.5, 0.6) is 0 Å². The second kappa shape index (κ2) is 9.08. The number of amides is 1. The van der Waals surface area contributed by atoms with Crippen molar-refractivity contribution in [2.45, 2.75) is 27.3 Å². The minimum atomic E-state index is -0.709. The van der Waals surface area contributed by atoms with Crippen LogP contribution < -0.4 is 11.3 Å². The van der Waals surface area contributed by atoms with Gasteiger partial charge in [0.25, 0.3) is 11.5 Å². The number of fused-ring (bicyclic) bond motifs is 1. The molecule has 1 aromatic carbocycles. The van der Waals surface area contributed by atoms with Gasteiger partial charge in [-0.3, -0.25) is 14.5 Å². The number of H-pyrrole nitrogens is 2. The number of benzene rings is 1. The summed E-state index contributed by atoms with van der Waals surface area (Å²) < 4.78 is 0. The molecule has 0 saturated carbocycles. The lowest BCUT2D eigenvalue weighted by Gasteiger charge is -2.34. The standard InChI is InChI=1S/C24H32N5O2/c1-6-29(15-24(2,3)14-28(4)5)13-16-7-9-19-17(11-16)12-21(26-19)18-8-10-20(22(25)30)27-23(18)31/h7-9,11-12,26H,6,13-15H2,1-5H3,(H2,25,30)(H,27,31). The fraction of sp³-hybridized carbons (Fsp3) is 0.417. The maximum absolute atomic E-state index is 12.4. The monoisotopic (exact) mass is 422 g/mol. The maximum atomic E-state index is 12.4. The number of pyridine rings is 1. The smallest absolute Gasteiger partial charge is 0.265 e. The highest BCUT2D eigenvalue weighted by molar-refractivity contribution is 5.91. The maximum Gasteiger partial charge on any atom is 0.265 e. The third-order valence-electron chi connectivity index (χ3n) is 5.32. The van der Waals surface area contributed by atoms with Crippen molar-refractivity contribution in [1.82, 2.24) is 19.8 Å². The quantitative estimate of drug-likeness (QED) is 0.494. The van der Waals surface area contributed by atoms with Gasteiger partial charge in [-0.1, -0.05) is 26.8 Å². The number of nitrogens with one attached hydrogen (secondary N) is 2. The van der Waals surface area contributed by atoms with Crippen LogP contribution in [0.25, 0.3) is 22.2 Å². The van der Waals surface area contributed by atoms with E-state index in [2.05, 4.69) is 72.8 Å². The van der Waals surface area contributed by atoms with E-state index in [1.165, 1.54) is 11.6 Å². The Labute approximate surface area is 183 Å². The SMILES string of the molecule is CCN(Cc1ccc2[nH]c(-c3c[c]c(C(N)=O)[nH]c3=O)cc2c1)CC(C)(C)CN(C)C. The number of hydrogen-bond acceptors (Lipinski definition) is 4. The summed E-state index contributed by atoms with van der Waals surface area (Å²) in [5, 5.41) is 1.04. The zero-order valence-electron chi connectivity index (χ0n) is 19.0. The lowest BCUT2D eigenvalue weighted by Crippen LogP contribution is -2.39. The van der Waals surface area contributed by atoms with Crippen molar-refractivity contribution in [3.63, 3.8) is 0 Å². The van der Waals surface area contributed by atoms with Crippen LogP contribution in [-0.2, 0) is 6.54 Å². The molecule has 0 aliphatic heterocycles. The molecule has 0 unspecified atom stereocenters. The van der Waals surface area contributed by atoms with Gasteiger partial charge in [0, 0.05) is 36.6 Å². The summed E-state index contributed by atoms with van der Waals surface area (Å²) in [7, 11) is 4.22. The molecule has 1 radical (unpaired) electrons. The Bertz CT molecular complexity index is 1130. The number of primary amides is 1. The van der Waals surface area contributed by atoms with Gasteiger partial charge >= 0.3 is 0 Å². The summed E-state index contributed by atoms with van der Waals surface area (Å²) in [6, 6.07) is 12.5. The Morgan fingerprint density at radius 1 is 1.16 bits per heavy atom. The van der Waals surface area contributed by atoms with Crippen LogP contribution in [0.1, 0.15) is 36.8 Å². The van der Waals surface area contributed by atoms with E-state index in [9.17, 15) is 9.59 Å². The Hall–Kier alpha value is -2.90. The first-order chi connectivity index (χ1) is 14.6. The number of aromatic amines is 2. The third kappa shape index (κ3) is 5.62. The summed E-state index contributed by atoms with van der Waals surface area (Å²) in [6.07, 6.45) is 0. The van der Waals surface area contributed by atoms with Crippen LogP contribution in [0.3, 0.4) is 0 Å². The summed E-state index contributed by atoms with van der Waals surface area (Å²) >= 11 is 0. The first kappa shape index (κ1) is 22.8. The lowest BCUT2D eigenvalue weighted by molar-refractivity contribution is 0.0995. The molecule has 0 aliphatic carbocycles. The summed E-state index contributed by atoms with van der Waals surface area (Å²) in [5.74, 6) is -0.709. The van der Waals surface area contributed by atoms with Crippen molar-refractivity contribution in [2.24, 2.45) is 11.1 Å². The summed E-state index contributed by atoms with van der Waals surface area (Å²) in [5.41, 5.74) is 8.28. The molecule has 0 saturated heterocycles. The van der Waals surface area contributed by atoms with Crippen LogP contribution in [0.2, 0.25) is 0 Å². The van der Waals surface area contributed by atoms with Crippen molar-refractivity contribution in [3.8, 4) is 11.3 Å². The molecule has 7 heteroatoms. The van der Waals surface area contributed by atoms with Crippen LogP contribution in [0.4, 0.5) is 0 Å². The normalized spacial score (nSPS) is 12.2. The summed E-state index contributed by atoms with van der Waals surface area (Å²) in [6.45, 7) is 10.7. The van der Waals surface area contributed by atoms with E-state index in [4.69, 9.17) is 5.73 Å². The zero-order valence-corrected chi connectivity index (χ0v) is 19.0. The van der Waals surface area contributed by atoms with E-state index >= 15 is 0 Å². The van der Waals surface area contributed by atoms with E-state index in [1.54, 1.807) is 0 Å². The van der Waals surface area contributed by atoms with Crippen molar-refractivity contribution in [1.29, 1.82) is 0 Å². The molecule has 0 bridgehead atoms. The highest BCUT2D eigenvalue weighted by atomic mass is 16.1. The van der Waals surface area contributed by atoms with Crippen molar-refractivity contribution < 1.29 is 4.79 Å². The average molecular weight is 423 g/mol. The van der Waals surface area contributed by atoms with Gasteiger partial charge in [-0.25, -0.2) is 0 Å². The van der Waals surface area contributed by atoms with E-state index in [-0.39, 0.29) is 16.7 Å². The molecule has 7 nitrogen and oxygen atoms in total. The number of aromatic nitrogens is 2. The number of carbonyl (C=O) groups is 1. The lowest BCUT2D eigenvalue weighted by atomic mass is 9.92. The minimum Gasteiger partial charge on any atom is -0.364 e. The van der Waals surface area contributed by atoms with Gasteiger partial charge in [0.2, 0.25) is 0 Å². The van der Waals surface area contributed by atoms with Crippen molar-refractivity contribution in [3.05, 3.63) is 58.0 Å². The van der Waals surface area contributed by atoms with Gasteiger partial charge < -0.3 is 20.6 Å². The Kier molecular flexibility index (Phi) is 6.67. The predicted octanol–water partition coefficient (Wildman–Crippen LogP) is 2.83. The van der Waals surface area contributed by atoms with Gasteiger partial charge in [-0.05, 0) is 55.9 Å². The molecule has 2 heterocycles. The van der Waals surface area contributed by atoms with Crippen LogP contribution in [-0.4, -0.2) is 59.4 Å². The van der Waals surface area contributed by atoms with Crippen molar-refractivity contribution in [2.75, 3.05) is 33.7 Å². The van der Waals surface area contributed by atoms with Crippen LogP contribution in [0, 0.1) is 11.5 Å². The van der Waals surface area contributed by atoms with Crippen LogP contribution in [0.15, 0.2) is 35.1 Å². The first-order valence-corrected chi connectivity index (χ1v) is 10.5. The van der Waals surface area contributed by atoms with Gasteiger partial charge in [0.15, 0.2) is 0 Å². The predicted molar refractivity (Wildman–Crippen MR) is 125 cm³/mol. The molecular formula is C24H32N5O2. The number of nitrogens with zero attached hydrogens (tertiary/aromatic N) is 2. The molecule has 2 aromatic heterocycles. The fourth-order valence-electron chi connectivity index (χ4n) is 4.23. The molecule has 4 N–H and O–H groups in total. The van der Waals surface area contributed by atoms with E-state index in [1.807, 2.05) is 12.1 Å². The van der Waals surface area contributed by atoms with Crippen molar-refractivity contribution >= 4 is 16.8 Å². The Morgan fingerprint density at radius 3 is 2.52 bits per heavy atom. The van der Waals surface area contributed by atoms with E-state index < -0.39 is 5.91 Å². The molecule has 0 spiro atoms. The number of nitrogens with two attached hydrogens (primary N) is 1. The second-order valence-corrected chi connectivity index (χ2v) is 9.21. The van der Waals surface area contributed by atoms with Gasteiger partial charge in [0.05, 0.1) is 11.3 Å². The fourth-order valence-corrected chi connectivity index (χ4v) is 4.23. The second-order valence-electron chi connectivity index (χ2n) is 9.21. The molecule has 0 fully saturated rings. The van der Waals surface area contributed by atoms with Gasteiger partial charge in [0.1, 0.15) is 5.69 Å². The van der Waals surface area contributed by atoms with Gasteiger partial charge in [-0.2, -0.15) is 0 Å². The highest BCUT2D eigenvalue weighted by Crippen LogP contribution is 2.25. The number of rotatable bonds is 9. The molecule has 3 aromatic rings. The molecule has 3 rings (SSSR count). The van der Waals surface area contributed by atoms with E-state index in [0.717, 1.165) is 37.1 Å². The average Bonchev–Trinajstić information content (AvgIpc) is 3.08. The van der Waals surface area contributed by atoms with Crippen LogP contribution >= 0.6 is 0 Å². The molecule has 1 amide bonds. The first-order valence-electron chi connectivity index (χ1n) is 10.5.